The molecule has 18 heavy (non-hydrogen) atoms. The van der Waals surface area contributed by atoms with E-state index >= 15 is 0 Å². The molecule has 1 aromatic carbocycles. The van der Waals surface area contributed by atoms with Gasteiger partial charge in [-0.25, -0.2) is 0 Å². The maximum atomic E-state index is 11.6. The average Bonchev–Trinajstić information content (AvgIpc) is 2.26. The Labute approximate surface area is 113 Å². The molecule has 1 rings (SSSR count). The number of halogens is 1. The Kier molecular flexibility index (Phi) is 4.61. The van der Waals surface area contributed by atoms with Crippen molar-refractivity contribution in [1.82, 2.24) is 0 Å². The van der Waals surface area contributed by atoms with E-state index in [9.17, 15) is 14.9 Å². The predicted molar refractivity (Wildman–Crippen MR) is 73.6 cm³/mol. The van der Waals surface area contributed by atoms with Gasteiger partial charge in [0, 0.05) is 30.1 Å². The van der Waals surface area contributed by atoms with E-state index in [4.69, 9.17) is 0 Å². The van der Waals surface area contributed by atoms with Gasteiger partial charge < -0.3 is 4.90 Å². The van der Waals surface area contributed by atoms with Gasteiger partial charge >= 0.3 is 0 Å². The zero-order valence-electron chi connectivity index (χ0n) is 10.1. The van der Waals surface area contributed by atoms with Crippen LogP contribution >= 0.6 is 15.9 Å². The van der Waals surface area contributed by atoms with Crippen LogP contribution in [0.1, 0.15) is 13.8 Å². The third-order valence-electron chi connectivity index (χ3n) is 2.24. The van der Waals surface area contributed by atoms with Crippen molar-refractivity contribution in [2.45, 2.75) is 13.8 Å². The van der Waals surface area contributed by atoms with Crippen molar-refractivity contribution < 1.29 is 9.72 Å². The van der Waals surface area contributed by atoms with E-state index in [1.165, 1.54) is 24.0 Å². The number of benzene rings is 1. The van der Waals surface area contributed by atoms with Crippen LogP contribution in [0.4, 0.5) is 11.4 Å². The molecule has 5 nitrogen and oxygen atoms in total. The van der Waals surface area contributed by atoms with E-state index in [0.29, 0.717) is 16.7 Å². The monoisotopic (exact) mass is 312 g/mol. The highest BCUT2D eigenvalue weighted by Gasteiger charge is 2.18. The molecule has 0 fully saturated rings. The fourth-order valence-corrected chi connectivity index (χ4v) is 1.92. The number of nitro benzene ring substituents is 1. The standard InChI is InChI=1S/C12H13BrN2O3/c1-8(2)7-14(9(3)16)12-6-10(15(17)18)4-5-11(12)13/h4-6H,1,7H2,2-3H3. The lowest BCUT2D eigenvalue weighted by molar-refractivity contribution is -0.384. The fourth-order valence-electron chi connectivity index (χ4n) is 1.46. The van der Waals surface area contributed by atoms with Gasteiger partial charge in [0.15, 0.2) is 0 Å². The van der Waals surface area contributed by atoms with Crippen LogP contribution < -0.4 is 4.90 Å². The summed E-state index contributed by atoms with van der Waals surface area (Å²) in [6, 6.07) is 4.31. The minimum atomic E-state index is -0.491. The Morgan fingerprint density at radius 3 is 2.56 bits per heavy atom. The molecule has 0 aliphatic heterocycles. The maximum absolute atomic E-state index is 11.6. The largest absolute Gasteiger partial charge is 0.307 e. The summed E-state index contributed by atoms with van der Waals surface area (Å²) in [4.78, 5) is 23.3. The molecule has 0 radical (unpaired) electrons. The number of non-ortho nitro benzene ring substituents is 1. The maximum Gasteiger partial charge on any atom is 0.271 e. The second-order valence-electron chi connectivity index (χ2n) is 3.96. The number of rotatable bonds is 4. The van der Waals surface area contributed by atoms with Gasteiger partial charge in [-0.3, -0.25) is 14.9 Å². The summed E-state index contributed by atoms with van der Waals surface area (Å²) in [5, 5.41) is 10.7. The van der Waals surface area contributed by atoms with Crippen molar-refractivity contribution in [3.63, 3.8) is 0 Å². The summed E-state index contributed by atoms with van der Waals surface area (Å²) in [5.41, 5.74) is 1.21. The first-order chi connectivity index (χ1) is 8.32. The summed E-state index contributed by atoms with van der Waals surface area (Å²) >= 11 is 3.29. The van der Waals surface area contributed by atoms with Crippen LogP contribution in [0.5, 0.6) is 0 Å². The van der Waals surface area contributed by atoms with Gasteiger partial charge in [0.2, 0.25) is 5.91 Å². The molecule has 0 aliphatic rings. The highest BCUT2D eigenvalue weighted by molar-refractivity contribution is 9.10. The molecule has 0 N–H and O–H groups in total. The molecule has 1 aromatic rings. The zero-order chi connectivity index (χ0) is 13.9. The van der Waals surface area contributed by atoms with Crippen LogP contribution in [0.15, 0.2) is 34.8 Å². The van der Waals surface area contributed by atoms with Crippen LogP contribution in [0.3, 0.4) is 0 Å². The molecule has 0 aromatic heterocycles. The minimum Gasteiger partial charge on any atom is -0.307 e. The Morgan fingerprint density at radius 1 is 1.50 bits per heavy atom. The summed E-state index contributed by atoms with van der Waals surface area (Å²) < 4.78 is 0.629. The molecule has 0 saturated carbocycles. The van der Waals surface area contributed by atoms with Crippen molar-refractivity contribution in [3.8, 4) is 0 Å². The molecule has 1 amide bonds. The van der Waals surface area contributed by atoms with E-state index in [2.05, 4.69) is 22.5 Å². The highest BCUT2D eigenvalue weighted by Crippen LogP contribution is 2.30. The van der Waals surface area contributed by atoms with Crippen molar-refractivity contribution in [3.05, 3.63) is 44.9 Å². The van der Waals surface area contributed by atoms with E-state index in [0.717, 1.165) is 5.57 Å². The van der Waals surface area contributed by atoms with E-state index in [1.54, 1.807) is 13.0 Å². The molecule has 0 atom stereocenters. The van der Waals surface area contributed by atoms with Gasteiger partial charge in [0.25, 0.3) is 5.69 Å². The predicted octanol–water partition coefficient (Wildman–Crippen LogP) is 3.29. The van der Waals surface area contributed by atoms with Crippen LogP contribution in [-0.4, -0.2) is 17.4 Å². The zero-order valence-corrected chi connectivity index (χ0v) is 11.7. The first-order valence-electron chi connectivity index (χ1n) is 5.19. The fraction of sp³-hybridized carbons (Fsp3) is 0.250. The molecule has 0 saturated heterocycles. The first-order valence-corrected chi connectivity index (χ1v) is 5.98. The lowest BCUT2D eigenvalue weighted by atomic mass is 10.2. The Morgan fingerprint density at radius 2 is 2.11 bits per heavy atom. The SMILES string of the molecule is C=C(C)CN(C(C)=O)c1cc([N+](=O)[O-])ccc1Br. The number of hydrogen-bond donors (Lipinski definition) is 0. The summed E-state index contributed by atoms with van der Waals surface area (Å²) in [7, 11) is 0. The molecular weight excluding hydrogens is 300 g/mol. The first kappa shape index (κ1) is 14.4. The van der Waals surface area contributed by atoms with Gasteiger partial charge in [-0.05, 0) is 28.9 Å². The van der Waals surface area contributed by atoms with E-state index < -0.39 is 4.92 Å². The van der Waals surface area contributed by atoms with Crippen LogP contribution in [-0.2, 0) is 4.79 Å². The van der Waals surface area contributed by atoms with E-state index in [-0.39, 0.29) is 11.6 Å². The quantitative estimate of drug-likeness (QED) is 0.487. The van der Waals surface area contributed by atoms with Gasteiger partial charge in [0.05, 0.1) is 10.6 Å². The number of amides is 1. The minimum absolute atomic E-state index is 0.0545. The molecule has 0 unspecified atom stereocenters. The van der Waals surface area contributed by atoms with Gasteiger partial charge in [0.1, 0.15) is 0 Å². The normalized spacial score (nSPS) is 9.94. The van der Waals surface area contributed by atoms with Gasteiger partial charge in [-0.2, -0.15) is 0 Å². The molecule has 0 spiro atoms. The number of carbonyl (C=O) groups is 1. The number of nitrogens with zero attached hydrogens (tertiary/aromatic N) is 2. The summed E-state index contributed by atoms with van der Waals surface area (Å²) in [6.07, 6.45) is 0. The molecule has 0 bridgehead atoms. The lowest BCUT2D eigenvalue weighted by Crippen LogP contribution is -2.30. The average molecular weight is 313 g/mol. The van der Waals surface area contributed by atoms with Crippen molar-refractivity contribution in [2.24, 2.45) is 0 Å². The van der Waals surface area contributed by atoms with Crippen molar-refractivity contribution in [2.75, 3.05) is 11.4 Å². The topological polar surface area (TPSA) is 63.5 Å². The van der Waals surface area contributed by atoms with Crippen LogP contribution in [0, 0.1) is 10.1 Å². The van der Waals surface area contributed by atoms with E-state index in [1.807, 2.05) is 0 Å². The molecule has 6 heteroatoms. The van der Waals surface area contributed by atoms with Crippen LogP contribution in [0.2, 0.25) is 0 Å². The molecule has 96 valence electrons. The second kappa shape index (κ2) is 5.77. The second-order valence-corrected chi connectivity index (χ2v) is 4.81. The smallest absolute Gasteiger partial charge is 0.271 e. The van der Waals surface area contributed by atoms with Crippen molar-refractivity contribution in [1.29, 1.82) is 0 Å². The number of hydrogen-bond acceptors (Lipinski definition) is 3. The number of anilines is 1. The number of carbonyl (C=O) groups excluding carboxylic acids is 1. The summed E-state index contributed by atoms with van der Waals surface area (Å²) in [6.45, 7) is 7.28. The highest BCUT2D eigenvalue weighted by atomic mass is 79.9. The lowest BCUT2D eigenvalue weighted by Gasteiger charge is -2.22. The Balaban J connectivity index is 3.26. The number of nitro groups is 1. The molecular formula is C12H13BrN2O3. The molecule has 0 heterocycles. The molecule has 0 aliphatic carbocycles. The third-order valence-corrected chi connectivity index (χ3v) is 2.91. The van der Waals surface area contributed by atoms with Crippen LogP contribution in [0.25, 0.3) is 0 Å². The summed E-state index contributed by atoms with van der Waals surface area (Å²) in [5.74, 6) is -0.195. The Bertz CT molecular complexity index is 514. The van der Waals surface area contributed by atoms with Gasteiger partial charge in [-0.1, -0.05) is 12.2 Å². The Hall–Kier alpha value is -1.69. The third kappa shape index (κ3) is 3.40. The van der Waals surface area contributed by atoms with Crippen molar-refractivity contribution >= 4 is 33.2 Å². The van der Waals surface area contributed by atoms with Gasteiger partial charge in [-0.15, -0.1) is 0 Å².